The highest BCUT2D eigenvalue weighted by atomic mass is 19.4. The number of halogens is 3. The second kappa shape index (κ2) is 3.95. The summed E-state index contributed by atoms with van der Waals surface area (Å²) < 4.78 is 41.5. The smallest absolute Gasteiger partial charge is 0.406 e. The second-order valence-electron chi connectivity index (χ2n) is 4.08. The molecule has 0 radical (unpaired) electrons. The Kier molecular flexibility index (Phi) is 2.46. The lowest BCUT2D eigenvalue weighted by Gasteiger charge is -2.09. The molecule has 6 nitrogen and oxygen atoms in total. The van der Waals surface area contributed by atoms with E-state index in [1.165, 1.54) is 6.07 Å². The molecule has 0 amide bonds. The summed E-state index contributed by atoms with van der Waals surface area (Å²) in [4.78, 5) is 18.3. The fraction of sp³-hybridized carbons (Fsp3) is 0.182. The number of fused-ring (bicyclic) bond motifs is 3. The molecule has 0 saturated heterocycles. The van der Waals surface area contributed by atoms with Gasteiger partial charge < -0.3 is 9.72 Å². The van der Waals surface area contributed by atoms with Crippen molar-refractivity contribution in [3.8, 4) is 5.75 Å². The van der Waals surface area contributed by atoms with Gasteiger partial charge in [-0.2, -0.15) is 4.52 Å². The predicted molar refractivity (Wildman–Crippen MR) is 62.5 cm³/mol. The standard InChI is InChI=1S/C11H7F3N4O2/c1-5-15-9-7-4-6(20-11(12,13)14)2-3-8(7)16-10(19)18(9)17-5/h2-4H,1H3,(H,16,19). The van der Waals surface area contributed by atoms with E-state index >= 15 is 0 Å². The van der Waals surface area contributed by atoms with Crippen LogP contribution in [0.3, 0.4) is 0 Å². The summed E-state index contributed by atoms with van der Waals surface area (Å²) in [6, 6.07) is 3.59. The number of aromatic nitrogens is 4. The lowest BCUT2D eigenvalue weighted by atomic mass is 10.2. The fourth-order valence-electron chi connectivity index (χ4n) is 1.91. The Balaban J connectivity index is 2.29. The SMILES string of the molecule is Cc1nc2c3cc(OC(F)(F)F)ccc3[nH]c(=O)n2n1. The van der Waals surface area contributed by atoms with E-state index in [9.17, 15) is 18.0 Å². The maximum atomic E-state index is 12.2. The summed E-state index contributed by atoms with van der Waals surface area (Å²) in [5.74, 6) is -0.0512. The molecule has 0 bridgehead atoms. The maximum Gasteiger partial charge on any atom is 0.573 e. The summed E-state index contributed by atoms with van der Waals surface area (Å²) in [5, 5.41) is 4.18. The number of rotatable bonds is 1. The van der Waals surface area contributed by atoms with Crippen molar-refractivity contribution in [2.24, 2.45) is 0 Å². The number of benzene rings is 1. The largest absolute Gasteiger partial charge is 0.573 e. The lowest BCUT2D eigenvalue weighted by molar-refractivity contribution is -0.274. The molecule has 3 aromatic rings. The number of H-pyrrole nitrogens is 1. The van der Waals surface area contributed by atoms with Gasteiger partial charge in [-0.3, -0.25) is 0 Å². The average molecular weight is 284 g/mol. The molecule has 0 spiro atoms. The Labute approximate surface area is 108 Å². The zero-order valence-electron chi connectivity index (χ0n) is 10.0. The minimum atomic E-state index is -4.78. The Morgan fingerprint density at radius 1 is 1.35 bits per heavy atom. The van der Waals surface area contributed by atoms with Crippen LogP contribution in [-0.4, -0.2) is 25.9 Å². The summed E-state index contributed by atoms with van der Waals surface area (Å²) in [7, 11) is 0. The third-order valence-corrected chi connectivity index (χ3v) is 2.61. The van der Waals surface area contributed by atoms with E-state index < -0.39 is 12.1 Å². The Morgan fingerprint density at radius 2 is 2.10 bits per heavy atom. The Morgan fingerprint density at radius 3 is 2.80 bits per heavy atom. The molecule has 0 aliphatic carbocycles. The first kappa shape index (κ1) is 12.5. The van der Waals surface area contributed by atoms with Crippen molar-refractivity contribution in [1.82, 2.24) is 19.6 Å². The lowest BCUT2D eigenvalue weighted by Crippen LogP contribution is -2.18. The summed E-state index contributed by atoms with van der Waals surface area (Å²) in [6.45, 7) is 1.58. The summed E-state index contributed by atoms with van der Waals surface area (Å²) in [5.41, 5.74) is 0.0101. The van der Waals surface area contributed by atoms with Gasteiger partial charge in [-0.25, -0.2) is 9.78 Å². The third-order valence-electron chi connectivity index (χ3n) is 2.61. The number of aromatic amines is 1. The van der Waals surface area contributed by atoms with Crippen molar-refractivity contribution in [3.63, 3.8) is 0 Å². The van der Waals surface area contributed by atoms with Crippen molar-refractivity contribution in [3.05, 3.63) is 34.5 Å². The zero-order chi connectivity index (χ0) is 14.5. The maximum absolute atomic E-state index is 12.2. The van der Waals surface area contributed by atoms with Gasteiger partial charge in [0.15, 0.2) is 5.65 Å². The van der Waals surface area contributed by atoms with Crippen LogP contribution >= 0.6 is 0 Å². The molecule has 0 aliphatic rings. The van der Waals surface area contributed by atoms with Gasteiger partial charge >= 0.3 is 12.1 Å². The third kappa shape index (κ3) is 2.06. The van der Waals surface area contributed by atoms with E-state index in [2.05, 4.69) is 19.8 Å². The van der Waals surface area contributed by atoms with Crippen LogP contribution in [0.1, 0.15) is 5.82 Å². The number of hydrogen-bond donors (Lipinski definition) is 1. The first-order chi connectivity index (χ1) is 9.33. The van der Waals surface area contributed by atoms with Gasteiger partial charge in [0.2, 0.25) is 0 Å². The number of aryl methyl sites for hydroxylation is 1. The van der Waals surface area contributed by atoms with Crippen molar-refractivity contribution < 1.29 is 17.9 Å². The van der Waals surface area contributed by atoms with E-state index in [1.54, 1.807) is 6.92 Å². The van der Waals surface area contributed by atoms with Gasteiger partial charge in [0.1, 0.15) is 11.6 Å². The van der Waals surface area contributed by atoms with Crippen molar-refractivity contribution in [1.29, 1.82) is 0 Å². The summed E-state index contributed by atoms with van der Waals surface area (Å²) >= 11 is 0. The molecule has 0 saturated carbocycles. The van der Waals surface area contributed by atoms with Crippen molar-refractivity contribution >= 4 is 16.6 Å². The highest BCUT2D eigenvalue weighted by molar-refractivity contribution is 5.91. The molecule has 9 heteroatoms. The average Bonchev–Trinajstić information content (AvgIpc) is 2.71. The molecule has 2 aromatic heterocycles. The van der Waals surface area contributed by atoms with Crippen LogP contribution in [-0.2, 0) is 0 Å². The second-order valence-corrected chi connectivity index (χ2v) is 4.08. The molecule has 3 rings (SSSR count). The van der Waals surface area contributed by atoms with Crippen LogP contribution in [0.2, 0.25) is 0 Å². The topological polar surface area (TPSA) is 72.3 Å². The molecule has 104 valence electrons. The van der Waals surface area contributed by atoms with Crippen LogP contribution < -0.4 is 10.4 Å². The van der Waals surface area contributed by atoms with Gasteiger partial charge in [0.25, 0.3) is 0 Å². The minimum absolute atomic E-state index is 0.175. The predicted octanol–water partition coefficient (Wildman–Crippen LogP) is 1.78. The Bertz CT molecular complexity index is 866. The first-order valence-electron chi connectivity index (χ1n) is 5.49. The van der Waals surface area contributed by atoms with E-state index in [1.807, 2.05) is 0 Å². The van der Waals surface area contributed by atoms with Crippen molar-refractivity contribution in [2.75, 3.05) is 0 Å². The highest BCUT2D eigenvalue weighted by Gasteiger charge is 2.31. The molecule has 0 aliphatic heterocycles. The number of hydrogen-bond acceptors (Lipinski definition) is 4. The Hall–Kier alpha value is -2.58. The molecule has 1 aromatic carbocycles. The van der Waals surface area contributed by atoms with Gasteiger partial charge in [0.05, 0.1) is 5.52 Å². The molecule has 0 atom stereocenters. The first-order valence-corrected chi connectivity index (χ1v) is 5.49. The molecule has 1 N–H and O–H groups in total. The molecule has 0 unspecified atom stereocenters. The van der Waals surface area contributed by atoms with Crippen molar-refractivity contribution in [2.45, 2.75) is 13.3 Å². The van der Waals surface area contributed by atoms with Gasteiger partial charge in [-0.05, 0) is 25.1 Å². The number of ether oxygens (including phenoxy) is 1. The minimum Gasteiger partial charge on any atom is -0.406 e. The molecule has 20 heavy (non-hydrogen) atoms. The van der Waals surface area contributed by atoms with E-state index in [0.717, 1.165) is 16.6 Å². The summed E-state index contributed by atoms with van der Waals surface area (Å²) in [6.07, 6.45) is -4.78. The van der Waals surface area contributed by atoms with Crippen LogP contribution in [0.15, 0.2) is 23.0 Å². The fourth-order valence-corrected chi connectivity index (χ4v) is 1.91. The molecular formula is C11H7F3N4O2. The number of nitrogens with zero attached hydrogens (tertiary/aromatic N) is 3. The van der Waals surface area contributed by atoms with Gasteiger partial charge in [-0.1, -0.05) is 0 Å². The monoisotopic (exact) mass is 284 g/mol. The van der Waals surface area contributed by atoms with Crippen LogP contribution in [0.25, 0.3) is 16.6 Å². The molecule has 2 heterocycles. The zero-order valence-corrected chi connectivity index (χ0v) is 10.0. The van der Waals surface area contributed by atoms with Crippen LogP contribution in [0, 0.1) is 6.92 Å². The number of alkyl halides is 3. The highest BCUT2D eigenvalue weighted by Crippen LogP contribution is 2.26. The molecular weight excluding hydrogens is 277 g/mol. The van der Waals surface area contributed by atoms with E-state index in [-0.39, 0.29) is 11.4 Å². The van der Waals surface area contributed by atoms with Crippen LogP contribution in [0.4, 0.5) is 13.2 Å². The quantitative estimate of drug-likeness (QED) is 0.739. The van der Waals surface area contributed by atoms with Gasteiger partial charge in [-0.15, -0.1) is 18.3 Å². The van der Waals surface area contributed by atoms with Gasteiger partial charge in [0, 0.05) is 5.39 Å². The van der Waals surface area contributed by atoms with E-state index in [0.29, 0.717) is 16.7 Å². The number of nitrogens with one attached hydrogen (secondary N) is 1. The van der Waals surface area contributed by atoms with Crippen LogP contribution in [0.5, 0.6) is 5.75 Å². The molecule has 0 fully saturated rings. The van der Waals surface area contributed by atoms with E-state index in [4.69, 9.17) is 0 Å². The normalized spacial score (nSPS) is 12.2.